The molecule has 5 rings (SSSR count). The number of nitrogens with zero attached hydrogens (tertiary/aromatic N) is 3. The fraction of sp³-hybridized carbons (Fsp3) is 0. The SMILES string of the molecule is O=S(=O)(Nc1nn2cc(-c3ccc(Cl)cc3)nc2s1)c1ccc2ccccc2c1. The molecule has 0 bridgehead atoms. The molecule has 0 saturated carbocycles. The molecule has 0 spiro atoms. The predicted molar refractivity (Wildman–Crippen MR) is 116 cm³/mol. The number of anilines is 1. The van der Waals surface area contributed by atoms with Crippen LogP contribution in [0.3, 0.4) is 0 Å². The van der Waals surface area contributed by atoms with Gasteiger partial charge in [0.05, 0.1) is 16.8 Å². The number of aromatic nitrogens is 3. The van der Waals surface area contributed by atoms with Crippen molar-refractivity contribution >= 4 is 53.8 Å². The second kappa shape index (κ2) is 6.84. The summed E-state index contributed by atoms with van der Waals surface area (Å²) < 4.78 is 29.7. The first-order valence-electron chi connectivity index (χ1n) is 8.62. The van der Waals surface area contributed by atoms with Crippen LogP contribution in [-0.2, 0) is 10.0 Å². The molecule has 0 aliphatic rings. The van der Waals surface area contributed by atoms with Gasteiger partial charge in [-0.05, 0) is 35.0 Å². The number of rotatable bonds is 4. The quantitative estimate of drug-likeness (QED) is 0.423. The molecule has 0 aliphatic carbocycles. The van der Waals surface area contributed by atoms with Gasteiger partial charge < -0.3 is 0 Å². The number of imidazole rings is 1. The van der Waals surface area contributed by atoms with Crippen LogP contribution >= 0.6 is 22.9 Å². The fourth-order valence-electron chi connectivity index (χ4n) is 3.01. The summed E-state index contributed by atoms with van der Waals surface area (Å²) in [5.74, 6) is 0. The van der Waals surface area contributed by atoms with Crippen LogP contribution in [0.15, 0.2) is 77.8 Å². The average molecular weight is 441 g/mol. The molecule has 144 valence electrons. The van der Waals surface area contributed by atoms with Gasteiger partial charge in [0.1, 0.15) is 0 Å². The summed E-state index contributed by atoms with van der Waals surface area (Å²) in [6, 6.07) is 20.0. The lowest BCUT2D eigenvalue weighted by atomic mass is 10.1. The summed E-state index contributed by atoms with van der Waals surface area (Å²) in [6.45, 7) is 0. The summed E-state index contributed by atoms with van der Waals surface area (Å²) in [6.07, 6.45) is 1.75. The summed E-state index contributed by atoms with van der Waals surface area (Å²) in [4.78, 5) is 5.29. The molecular formula is C20H13ClN4O2S2. The fourth-order valence-corrected chi connectivity index (χ4v) is 5.18. The van der Waals surface area contributed by atoms with Crippen molar-refractivity contribution in [3.05, 3.63) is 77.9 Å². The van der Waals surface area contributed by atoms with Crippen molar-refractivity contribution < 1.29 is 8.42 Å². The zero-order chi connectivity index (χ0) is 20.0. The molecule has 1 N–H and O–H groups in total. The van der Waals surface area contributed by atoms with Crippen molar-refractivity contribution in [3.8, 4) is 11.3 Å². The van der Waals surface area contributed by atoms with Gasteiger partial charge >= 0.3 is 0 Å². The van der Waals surface area contributed by atoms with Gasteiger partial charge in [-0.15, -0.1) is 5.10 Å². The molecule has 2 heterocycles. The van der Waals surface area contributed by atoms with Crippen LogP contribution < -0.4 is 4.72 Å². The number of hydrogen-bond acceptors (Lipinski definition) is 5. The summed E-state index contributed by atoms with van der Waals surface area (Å²) in [7, 11) is -3.76. The maximum Gasteiger partial charge on any atom is 0.263 e. The monoisotopic (exact) mass is 440 g/mol. The minimum Gasteiger partial charge on any atom is -0.253 e. The second-order valence-corrected chi connectivity index (χ2v) is 9.46. The molecule has 0 aliphatic heterocycles. The lowest BCUT2D eigenvalue weighted by Crippen LogP contribution is -2.12. The molecule has 6 nitrogen and oxygen atoms in total. The van der Waals surface area contributed by atoms with Crippen molar-refractivity contribution in [2.75, 3.05) is 4.72 Å². The van der Waals surface area contributed by atoms with Crippen LogP contribution in [0, 0.1) is 0 Å². The molecule has 2 aromatic heterocycles. The lowest BCUT2D eigenvalue weighted by molar-refractivity contribution is 0.601. The first-order chi connectivity index (χ1) is 14.0. The van der Waals surface area contributed by atoms with E-state index in [9.17, 15) is 8.42 Å². The van der Waals surface area contributed by atoms with E-state index in [1.807, 2.05) is 36.4 Å². The third kappa shape index (κ3) is 3.46. The van der Waals surface area contributed by atoms with E-state index in [1.165, 1.54) is 11.3 Å². The van der Waals surface area contributed by atoms with E-state index >= 15 is 0 Å². The van der Waals surface area contributed by atoms with Crippen LogP contribution in [0.2, 0.25) is 5.02 Å². The van der Waals surface area contributed by atoms with Gasteiger partial charge in [0.25, 0.3) is 10.0 Å². The van der Waals surface area contributed by atoms with Crippen molar-refractivity contribution in [1.82, 2.24) is 14.6 Å². The molecule has 0 amide bonds. The molecule has 0 fully saturated rings. The highest BCUT2D eigenvalue weighted by molar-refractivity contribution is 7.93. The molecular weight excluding hydrogens is 428 g/mol. The summed E-state index contributed by atoms with van der Waals surface area (Å²) in [5.41, 5.74) is 1.65. The Labute approximate surface area is 175 Å². The maximum absolute atomic E-state index is 12.8. The van der Waals surface area contributed by atoms with E-state index < -0.39 is 10.0 Å². The molecule has 9 heteroatoms. The maximum atomic E-state index is 12.8. The van der Waals surface area contributed by atoms with E-state index in [4.69, 9.17) is 11.6 Å². The molecule has 3 aromatic carbocycles. The highest BCUT2D eigenvalue weighted by Gasteiger charge is 2.18. The molecule has 0 radical (unpaired) electrons. The molecule has 0 unspecified atom stereocenters. The number of sulfonamides is 1. The Morgan fingerprint density at radius 3 is 2.48 bits per heavy atom. The molecule has 0 saturated heterocycles. The van der Waals surface area contributed by atoms with E-state index in [-0.39, 0.29) is 10.0 Å². The first kappa shape index (κ1) is 18.1. The Balaban J connectivity index is 1.44. The molecule has 29 heavy (non-hydrogen) atoms. The van der Waals surface area contributed by atoms with Gasteiger partial charge in [-0.1, -0.05) is 65.4 Å². The second-order valence-electron chi connectivity index (χ2n) is 6.38. The standard InChI is InChI=1S/C20H13ClN4O2S2/c21-16-8-5-14(6-9-16)18-12-25-20(22-18)28-19(23-25)24-29(26,27)17-10-7-13-3-1-2-4-15(13)11-17/h1-12H,(H,23,24). The molecule has 5 aromatic rings. The van der Waals surface area contributed by atoms with Crippen LogP contribution in [0.1, 0.15) is 0 Å². The number of halogens is 1. The van der Waals surface area contributed by atoms with Crippen LogP contribution in [0.4, 0.5) is 5.13 Å². The Hall–Kier alpha value is -2.94. The zero-order valence-electron chi connectivity index (χ0n) is 14.8. The van der Waals surface area contributed by atoms with E-state index in [1.54, 1.807) is 41.0 Å². The highest BCUT2D eigenvalue weighted by Crippen LogP contribution is 2.27. The van der Waals surface area contributed by atoms with E-state index in [2.05, 4.69) is 14.8 Å². The number of benzene rings is 3. The van der Waals surface area contributed by atoms with Crippen molar-refractivity contribution in [3.63, 3.8) is 0 Å². The average Bonchev–Trinajstić information content (AvgIpc) is 3.26. The number of fused-ring (bicyclic) bond motifs is 2. The number of nitrogens with one attached hydrogen (secondary N) is 1. The minimum absolute atomic E-state index is 0.186. The Morgan fingerprint density at radius 2 is 1.72 bits per heavy atom. The van der Waals surface area contributed by atoms with E-state index in [0.29, 0.717) is 9.98 Å². The molecule has 0 atom stereocenters. The van der Waals surface area contributed by atoms with Gasteiger partial charge in [0.15, 0.2) is 0 Å². The summed E-state index contributed by atoms with van der Waals surface area (Å²) in [5, 5.41) is 7.05. The predicted octanol–water partition coefficient (Wildman–Crippen LogP) is 5.07. The van der Waals surface area contributed by atoms with Crippen molar-refractivity contribution in [1.29, 1.82) is 0 Å². The van der Waals surface area contributed by atoms with E-state index in [0.717, 1.165) is 22.0 Å². The Bertz CT molecular complexity index is 1430. The third-order valence-electron chi connectivity index (χ3n) is 4.44. The van der Waals surface area contributed by atoms with Gasteiger partial charge in [-0.25, -0.2) is 17.9 Å². The van der Waals surface area contributed by atoms with Crippen molar-refractivity contribution in [2.24, 2.45) is 0 Å². The van der Waals surface area contributed by atoms with Gasteiger partial charge in [-0.3, -0.25) is 4.72 Å². The van der Waals surface area contributed by atoms with Gasteiger partial charge in [0.2, 0.25) is 10.1 Å². The Morgan fingerprint density at radius 1 is 0.966 bits per heavy atom. The van der Waals surface area contributed by atoms with Crippen LogP contribution in [-0.4, -0.2) is 23.0 Å². The van der Waals surface area contributed by atoms with Crippen LogP contribution in [0.25, 0.3) is 27.0 Å². The minimum atomic E-state index is -3.76. The largest absolute Gasteiger partial charge is 0.263 e. The first-order valence-corrected chi connectivity index (χ1v) is 11.3. The van der Waals surface area contributed by atoms with Gasteiger partial charge in [-0.2, -0.15) is 0 Å². The number of hydrogen-bond donors (Lipinski definition) is 1. The van der Waals surface area contributed by atoms with Crippen LogP contribution in [0.5, 0.6) is 0 Å². The zero-order valence-corrected chi connectivity index (χ0v) is 17.2. The highest BCUT2D eigenvalue weighted by atomic mass is 35.5. The topological polar surface area (TPSA) is 76.4 Å². The van der Waals surface area contributed by atoms with Crippen molar-refractivity contribution in [2.45, 2.75) is 4.90 Å². The van der Waals surface area contributed by atoms with Gasteiger partial charge in [0, 0.05) is 10.6 Å². The Kier molecular flexibility index (Phi) is 4.27. The third-order valence-corrected chi connectivity index (χ3v) is 6.99. The lowest BCUT2D eigenvalue weighted by Gasteiger charge is -2.06. The normalized spacial score (nSPS) is 11.9. The smallest absolute Gasteiger partial charge is 0.253 e. The summed E-state index contributed by atoms with van der Waals surface area (Å²) >= 11 is 7.09.